The molecule has 0 aromatic heterocycles. The Morgan fingerprint density at radius 3 is 2.53 bits per heavy atom. The van der Waals surface area contributed by atoms with Crippen LogP contribution >= 0.6 is 7.82 Å². The van der Waals surface area contributed by atoms with Gasteiger partial charge in [-0.05, 0) is 19.1 Å². The van der Waals surface area contributed by atoms with Gasteiger partial charge in [0.15, 0.2) is 0 Å². The number of rotatable bonds is 5. The summed E-state index contributed by atoms with van der Waals surface area (Å²) in [6.45, 7) is 1.35. The first-order valence-corrected chi connectivity index (χ1v) is 5.63. The van der Waals surface area contributed by atoms with Crippen LogP contribution in [0.4, 0.5) is 5.69 Å². The highest BCUT2D eigenvalue weighted by atomic mass is 31.2. The summed E-state index contributed by atoms with van der Waals surface area (Å²) >= 11 is 0. The molecule has 0 amide bonds. The molecule has 0 fully saturated rings. The van der Waals surface area contributed by atoms with Crippen molar-refractivity contribution >= 4 is 13.5 Å². The van der Waals surface area contributed by atoms with E-state index >= 15 is 0 Å². The third-order valence-corrected chi connectivity index (χ3v) is 2.69. The third-order valence-electron chi connectivity index (χ3n) is 1.81. The molecule has 0 saturated carbocycles. The molecule has 0 unspecified atom stereocenters. The van der Waals surface area contributed by atoms with Crippen molar-refractivity contribution in [2.45, 2.75) is 6.92 Å². The summed E-state index contributed by atoms with van der Waals surface area (Å²) < 4.78 is 66.6. The maximum absolute atomic E-state index is 12.2. The normalized spacial score (nSPS) is 17.9. The van der Waals surface area contributed by atoms with Crippen molar-refractivity contribution in [1.29, 1.82) is 0 Å². The maximum atomic E-state index is 12.2. The average Bonchev–Trinajstić information content (AvgIpc) is 2.21. The van der Waals surface area contributed by atoms with E-state index in [1.807, 2.05) is 0 Å². The summed E-state index contributed by atoms with van der Waals surface area (Å²) in [5.41, 5.74) is -0.150. The third kappa shape index (κ3) is 3.26. The summed E-state index contributed by atoms with van der Waals surface area (Å²) in [4.78, 5) is 10.0. The SMILES string of the molecule is [2H]C([2H])([2H])OP(=O)(Oc1ccc([N+](=O)[O-])c(C)c1)OC([2H])([2H])[2H]. The van der Waals surface area contributed by atoms with Gasteiger partial charge in [-0.3, -0.25) is 19.2 Å². The Bertz CT molecular complexity index is 624. The lowest BCUT2D eigenvalue weighted by Gasteiger charge is -2.14. The summed E-state index contributed by atoms with van der Waals surface area (Å²) in [7, 11) is -11.5. The lowest BCUT2D eigenvalue weighted by atomic mass is 10.2. The number of benzene rings is 1. The van der Waals surface area contributed by atoms with Gasteiger partial charge in [0.05, 0.1) is 13.1 Å². The molecule has 1 rings (SSSR count). The number of phosphoric ester groups is 1. The number of aryl methyl sites for hydroxylation is 1. The second kappa shape index (κ2) is 5.27. The molecule has 0 N–H and O–H groups in total. The van der Waals surface area contributed by atoms with Crippen LogP contribution in [0.2, 0.25) is 0 Å². The highest BCUT2D eigenvalue weighted by Gasteiger charge is 2.25. The first-order chi connectivity index (χ1) is 10.2. The minimum absolute atomic E-state index is 0.113. The van der Waals surface area contributed by atoms with Gasteiger partial charge in [0, 0.05) is 25.7 Å². The van der Waals surface area contributed by atoms with Gasteiger partial charge in [-0.1, -0.05) is 0 Å². The van der Waals surface area contributed by atoms with E-state index in [-0.39, 0.29) is 17.0 Å². The number of nitro benzene ring substituents is 1. The van der Waals surface area contributed by atoms with E-state index in [9.17, 15) is 14.7 Å². The predicted molar refractivity (Wildman–Crippen MR) is 60.1 cm³/mol. The van der Waals surface area contributed by atoms with E-state index in [2.05, 4.69) is 9.05 Å². The second-order valence-corrected chi connectivity index (χ2v) is 4.37. The van der Waals surface area contributed by atoms with Crippen LogP contribution in [0.5, 0.6) is 5.75 Å². The fraction of sp³-hybridized carbons (Fsp3) is 0.333. The molecule has 0 spiro atoms. The van der Waals surface area contributed by atoms with Gasteiger partial charge in [0.2, 0.25) is 0 Å². The molecule has 0 radical (unpaired) electrons. The highest BCUT2D eigenvalue weighted by molar-refractivity contribution is 7.48. The van der Waals surface area contributed by atoms with Crippen LogP contribution in [0.25, 0.3) is 0 Å². The zero-order valence-corrected chi connectivity index (χ0v) is 9.47. The van der Waals surface area contributed by atoms with E-state index in [1.165, 1.54) is 6.92 Å². The Morgan fingerprint density at radius 2 is 2.06 bits per heavy atom. The van der Waals surface area contributed by atoms with Gasteiger partial charge < -0.3 is 4.52 Å². The van der Waals surface area contributed by atoms with Crippen molar-refractivity contribution in [3.05, 3.63) is 33.9 Å². The Labute approximate surface area is 106 Å². The largest absolute Gasteiger partial charge is 0.529 e. The quantitative estimate of drug-likeness (QED) is 0.463. The van der Waals surface area contributed by atoms with Gasteiger partial charge >= 0.3 is 7.82 Å². The van der Waals surface area contributed by atoms with Crippen LogP contribution in [0, 0.1) is 17.0 Å². The Kier molecular flexibility index (Phi) is 2.20. The molecular weight excluding hydrogens is 249 g/mol. The smallest absolute Gasteiger partial charge is 0.404 e. The van der Waals surface area contributed by atoms with Crippen molar-refractivity contribution in [3.8, 4) is 5.75 Å². The van der Waals surface area contributed by atoms with Crippen molar-refractivity contribution < 1.29 is 31.3 Å². The minimum atomic E-state index is -5.04. The number of nitro groups is 1. The van der Waals surface area contributed by atoms with Gasteiger partial charge in [-0.15, -0.1) is 0 Å². The zero-order valence-electron chi connectivity index (χ0n) is 14.6. The lowest BCUT2D eigenvalue weighted by Crippen LogP contribution is -1.98. The van der Waals surface area contributed by atoms with E-state index < -0.39 is 26.8 Å². The molecular formula is C9H12NO6P. The zero-order chi connectivity index (χ0) is 18.1. The van der Waals surface area contributed by atoms with Crippen LogP contribution in [0.3, 0.4) is 0 Å². The predicted octanol–water partition coefficient (Wildman–Crippen LogP) is 2.68. The molecule has 0 saturated heterocycles. The van der Waals surface area contributed by atoms with Gasteiger partial charge in [0.25, 0.3) is 5.69 Å². The summed E-state index contributed by atoms with van der Waals surface area (Å²) in [6, 6.07) is 3.08. The van der Waals surface area contributed by atoms with E-state index in [0.717, 1.165) is 18.2 Å². The van der Waals surface area contributed by atoms with E-state index in [1.54, 1.807) is 0 Å². The maximum Gasteiger partial charge on any atom is 0.529 e. The number of hydrogen-bond acceptors (Lipinski definition) is 6. The molecule has 0 aliphatic heterocycles. The summed E-state index contributed by atoms with van der Waals surface area (Å²) in [5, 5.41) is 10.7. The molecule has 94 valence electrons. The van der Waals surface area contributed by atoms with E-state index in [4.69, 9.17) is 12.7 Å². The van der Waals surface area contributed by atoms with Crippen LogP contribution in [-0.4, -0.2) is 19.0 Å². The monoisotopic (exact) mass is 267 g/mol. The molecule has 0 aliphatic rings. The number of phosphoric acid groups is 1. The van der Waals surface area contributed by atoms with Gasteiger partial charge in [-0.25, -0.2) is 4.57 Å². The molecule has 0 atom stereocenters. The highest BCUT2D eigenvalue weighted by Crippen LogP contribution is 2.48. The summed E-state index contributed by atoms with van der Waals surface area (Å²) in [5.74, 6) is -0.315. The van der Waals surface area contributed by atoms with Gasteiger partial charge in [-0.2, -0.15) is 0 Å². The fourth-order valence-corrected chi connectivity index (χ4v) is 1.56. The number of hydrogen-bond donors (Lipinski definition) is 0. The van der Waals surface area contributed by atoms with Crippen LogP contribution in [-0.2, 0) is 13.6 Å². The van der Waals surface area contributed by atoms with Crippen LogP contribution in [0.15, 0.2) is 18.2 Å². The molecule has 7 nitrogen and oxygen atoms in total. The first-order valence-electron chi connectivity index (χ1n) is 7.17. The van der Waals surface area contributed by atoms with Crippen LogP contribution < -0.4 is 4.52 Å². The second-order valence-electron chi connectivity index (χ2n) is 2.93. The number of nitrogens with zero attached hydrogens (tertiary/aromatic N) is 1. The standard InChI is InChI=1S/C9H12NO6P/c1-7-6-8(4-5-9(7)10(11)12)16-17(13,14-2)15-3/h4-6H,1-3H3/i2D3,3D3. The molecule has 0 heterocycles. The lowest BCUT2D eigenvalue weighted by molar-refractivity contribution is -0.385. The molecule has 1 aromatic carbocycles. The molecule has 8 heteroatoms. The molecule has 1 aromatic rings. The molecule has 0 aliphatic carbocycles. The average molecular weight is 267 g/mol. The Morgan fingerprint density at radius 1 is 1.41 bits per heavy atom. The Hall–Kier alpha value is -1.43. The fourth-order valence-electron chi connectivity index (χ4n) is 1.07. The van der Waals surface area contributed by atoms with Crippen molar-refractivity contribution in [2.24, 2.45) is 0 Å². The Balaban J connectivity index is 3.13. The van der Waals surface area contributed by atoms with Crippen LogP contribution in [0.1, 0.15) is 13.8 Å². The van der Waals surface area contributed by atoms with Gasteiger partial charge in [0.1, 0.15) is 5.75 Å². The van der Waals surface area contributed by atoms with Crippen molar-refractivity contribution in [3.63, 3.8) is 0 Å². The minimum Gasteiger partial charge on any atom is -0.404 e. The van der Waals surface area contributed by atoms with E-state index in [0.29, 0.717) is 0 Å². The topological polar surface area (TPSA) is 87.9 Å². The van der Waals surface area contributed by atoms with Crippen molar-refractivity contribution in [2.75, 3.05) is 14.1 Å². The summed E-state index contributed by atoms with van der Waals surface area (Å²) in [6.07, 6.45) is 0. The molecule has 0 bridgehead atoms. The van der Waals surface area contributed by atoms with Crippen molar-refractivity contribution in [1.82, 2.24) is 0 Å². The molecule has 17 heavy (non-hydrogen) atoms. The first kappa shape index (κ1) is 7.10.